The van der Waals surface area contributed by atoms with Gasteiger partial charge in [0, 0.05) is 24.4 Å². The van der Waals surface area contributed by atoms with Crippen LogP contribution < -0.4 is 4.74 Å². The van der Waals surface area contributed by atoms with Gasteiger partial charge in [0.1, 0.15) is 17.2 Å². The lowest BCUT2D eigenvalue weighted by Gasteiger charge is -2.54. The highest BCUT2D eigenvalue weighted by atomic mass is 19.1. The van der Waals surface area contributed by atoms with E-state index in [1.165, 1.54) is 12.1 Å². The Labute approximate surface area is 198 Å². The number of hydrogen-bond acceptors (Lipinski definition) is 4. The molecule has 5 rings (SSSR count). The molecule has 0 aromatic heterocycles. The molecule has 0 bridgehead atoms. The first-order valence-electron chi connectivity index (χ1n) is 12.0. The maximum Gasteiger partial charge on any atom is 0.303 e. The number of carboxylic acid groups (broad SMARTS) is 1. The number of amides is 1. The summed E-state index contributed by atoms with van der Waals surface area (Å²) in [4.78, 5) is 26.7. The van der Waals surface area contributed by atoms with Crippen LogP contribution in [0.4, 0.5) is 4.39 Å². The fourth-order valence-corrected chi connectivity index (χ4v) is 6.11. The number of carbonyl (C=O) groups is 2. The Balaban J connectivity index is 1.43. The number of fused-ring (bicyclic) bond motifs is 3. The zero-order valence-electron chi connectivity index (χ0n) is 19.3. The Hall–Kier alpha value is -2.93. The van der Waals surface area contributed by atoms with Crippen molar-refractivity contribution in [3.8, 4) is 5.75 Å². The molecule has 0 radical (unpaired) electrons. The molecule has 2 fully saturated rings. The molecule has 180 valence electrons. The molecule has 7 heteroatoms. The summed E-state index contributed by atoms with van der Waals surface area (Å²) in [6.45, 7) is 3.03. The van der Waals surface area contributed by atoms with E-state index in [0.717, 1.165) is 24.2 Å². The molecule has 2 aromatic rings. The standard InChI is InChI=1S/C27H30FNO5/c1-26(12-10-24(31)32)21-16-27(17-33-25(21)20-8-2-3-9-22(20)34-26)11-5-13-29(27)23(30)15-18-6-4-7-19(28)14-18/h2-4,6-9,14,21,25H,5,10-13,15-17H2,1H3,(H,31,32)/t21-,25+,26+,27+/m1/s1. The first-order valence-corrected chi connectivity index (χ1v) is 12.0. The summed E-state index contributed by atoms with van der Waals surface area (Å²) in [5.41, 5.74) is 0.435. The van der Waals surface area contributed by atoms with Crippen molar-refractivity contribution in [3.63, 3.8) is 0 Å². The van der Waals surface area contributed by atoms with Gasteiger partial charge in [0.2, 0.25) is 5.91 Å². The van der Waals surface area contributed by atoms with Gasteiger partial charge in [0.15, 0.2) is 0 Å². The molecule has 3 heterocycles. The van der Waals surface area contributed by atoms with Crippen molar-refractivity contribution < 1.29 is 28.6 Å². The second-order valence-corrected chi connectivity index (χ2v) is 10.1. The third kappa shape index (κ3) is 4.06. The number of aliphatic carboxylic acids is 1. The number of benzene rings is 2. The molecule has 1 amide bonds. The van der Waals surface area contributed by atoms with Crippen molar-refractivity contribution in [1.82, 2.24) is 4.90 Å². The first-order chi connectivity index (χ1) is 16.3. The number of rotatable bonds is 5. The van der Waals surface area contributed by atoms with Crippen LogP contribution in [0.5, 0.6) is 5.75 Å². The van der Waals surface area contributed by atoms with Crippen LogP contribution in [-0.2, 0) is 20.7 Å². The molecule has 6 nitrogen and oxygen atoms in total. The monoisotopic (exact) mass is 467 g/mol. The predicted octanol–water partition coefficient (Wildman–Crippen LogP) is 4.52. The number of carboxylic acids is 1. The highest BCUT2D eigenvalue weighted by Crippen LogP contribution is 2.55. The highest BCUT2D eigenvalue weighted by Gasteiger charge is 2.57. The van der Waals surface area contributed by atoms with Crippen LogP contribution in [0.25, 0.3) is 0 Å². The number of nitrogens with zero attached hydrogens (tertiary/aromatic N) is 1. The molecule has 3 aliphatic rings. The zero-order valence-corrected chi connectivity index (χ0v) is 19.3. The molecular weight excluding hydrogens is 437 g/mol. The molecule has 1 spiro atoms. The average Bonchev–Trinajstić information content (AvgIpc) is 3.21. The summed E-state index contributed by atoms with van der Waals surface area (Å²) in [6.07, 6.45) is 2.65. The van der Waals surface area contributed by atoms with Gasteiger partial charge in [-0.25, -0.2) is 4.39 Å². The van der Waals surface area contributed by atoms with E-state index >= 15 is 0 Å². The fourth-order valence-electron chi connectivity index (χ4n) is 6.11. The largest absolute Gasteiger partial charge is 0.487 e. The smallest absolute Gasteiger partial charge is 0.303 e. The van der Waals surface area contributed by atoms with Crippen LogP contribution in [0.15, 0.2) is 48.5 Å². The van der Waals surface area contributed by atoms with Crippen LogP contribution in [0.1, 0.15) is 56.3 Å². The summed E-state index contributed by atoms with van der Waals surface area (Å²) in [7, 11) is 0. The van der Waals surface area contributed by atoms with Crippen LogP contribution in [-0.4, -0.2) is 46.2 Å². The Kier molecular flexibility index (Phi) is 5.84. The lowest BCUT2D eigenvalue weighted by atomic mass is 9.68. The molecule has 34 heavy (non-hydrogen) atoms. The lowest BCUT2D eigenvalue weighted by molar-refractivity contribution is -0.179. The SMILES string of the molecule is C[C@@]1(CCC(=O)O)Oc2ccccc2[C@@H]2OC[C@]3(CCCN3C(=O)Cc3cccc(F)c3)C[C@H]21. The predicted molar refractivity (Wildman–Crippen MR) is 123 cm³/mol. The van der Waals surface area contributed by atoms with Gasteiger partial charge in [-0.3, -0.25) is 9.59 Å². The van der Waals surface area contributed by atoms with Gasteiger partial charge in [0.25, 0.3) is 0 Å². The van der Waals surface area contributed by atoms with Gasteiger partial charge >= 0.3 is 5.97 Å². The maximum absolute atomic E-state index is 13.7. The van der Waals surface area contributed by atoms with E-state index in [2.05, 4.69) is 0 Å². The minimum Gasteiger partial charge on any atom is -0.487 e. The van der Waals surface area contributed by atoms with E-state index in [1.54, 1.807) is 12.1 Å². The van der Waals surface area contributed by atoms with Crippen molar-refractivity contribution in [1.29, 1.82) is 0 Å². The van der Waals surface area contributed by atoms with Crippen LogP contribution in [0.3, 0.4) is 0 Å². The molecule has 0 unspecified atom stereocenters. The summed E-state index contributed by atoms with van der Waals surface area (Å²) in [5.74, 6) is -0.609. The van der Waals surface area contributed by atoms with Crippen molar-refractivity contribution >= 4 is 11.9 Å². The summed E-state index contributed by atoms with van der Waals surface area (Å²) in [6, 6.07) is 13.9. The quantitative estimate of drug-likeness (QED) is 0.700. The molecule has 4 atom stereocenters. The maximum atomic E-state index is 13.7. The Morgan fingerprint density at radius 3 is 2.82 bits per heavy atom. The van der Waals surface area contributed by atoms with Gasteiger partial charge in [0.05, 0.1) is 24.7 Å². The van der Waals surface area contributed by atoms with Gasteiger partial charge < -0.3 is 19.5 Å². The van der Waals surface area contributed by atoms with E-state index in [1.807, 2.05) is 36.1 Å². The Morgan fingerprint density at radius 2 is 2.03 bits per heavy atom. The topological polar surface area (TPSA) is 76.1 Å². The lowest BCUT2D eigenvalue weighted by Crippen LogP contribution is -2.60. The van der Waals surface area contributed by atoms with Crippen LogP contribution >= 0.6 is 0 Å². The molecule has 0 aliphatic carbocycles. The van der Waals surface area contributed by atoms with Crippen molar-refractivity contribution in [2.24, 2.45) is 5.92 Å². The fraction of sp³-hybridized carbons (Fsp3) is 0.481. The number of likely N-dealkylation sites (tertiary alicyclic amines) is 1. The third-order valence-corrected chi connectivity index (χ3v) is 7.83. The van der Waals surface area contributed by atoms with Gasteiger partial charge in [-0.2, -0.15) is 0 Å². The second kappa shape index (κ2) is 8.69. The number of hydrogen-bond donors (Lipinski definition) is 1. The van der Waals surface area contributed by atoms with E-state index in [0.29, 0.717) is 31.6 Å². The van der Waals surface area contributed by atoms with Gasteiger partial charge in [-0.1, -0.05) is 30.3 Å². The Morgan fingerprint density at radius 1 is 1.21 bits per heavy atom. The molecule has 1 N–H and O–H groups in total. The molecule has 2 aromatic carbocycles. The zero-order chi connectivity index (χ0) is 23.9. The van der Waals surface area contributed by atoms with Crippen molar-refractivity contribution in [2.75, 3.05) is 13.2 Å². The first kappa shape index (κ1) is 22.8. The molecule has 0 saturated carbocycles. The minimum atomic E-state index is -0.862. The van der Waals surface area contributed by atoms with E-state index in [-0.39, 0.29) is 36.6 Å². The van der Waals surface area contributed by atoms with E-state index < -0.39 is 17.1 Å². The van der Waals surface area contributed by atoms with E-state index in [4.69, 9.17) is 9.47 Å². The summed E-state index contributed by atoms with van der Waals surface area (Å²) < 4.78 is 26.6. The summed E-state index contributed by atoms with van der Waals surface area (Å²) in [5, 5.41) is 9.36. The van der Waals surface area contributed by atoms with Crippen molar-refractivity contribution in [3.05, 3.63) is 65.5 Å². The number of carbonyl (C=O) groups excluding carboxylic acids is 1. The van der Waals surface area contributed by atoms with Crippen LogP contribution in [0.2, 0.25) is 0 Å². The third-order valence-electron chi connectivity index (χ3n) is 7.83. The average molecular weight is 468 g/mol. The second-order valence-electron chi connectivity index (χ2n) is 10.1. The number of ether oxygens (including phenoxy) is 2. The van der Waals surface area contributed by atoms with Crippen LogP contribution in [0, 0.1) is 11.7 Å². The number of para-hydroxylation sites is 1. The van der Waals surface area contributed by atoms with Gasteiger partial charge in [-0.05, 0) is 56.4 Å². The molecular formula is C27H30FNO5. The van der Waals surface area contributed by atoms with Crippen molar-refractivity contribution in [2.45, 2.75) is 62.7 Å². The normalized spacial score (nSPS) is 29.9. The molecule has 2 saturated heterocycles. The summed E-state index contributed by atoms with van der Waals surface area (Å²) >= 11 is 0. The Bertz CT molecular complexity index is 1110. The minimum absolute atomic E-state index is 0.00287. The van der Waals surface area contributed by atoms with E-state index in [9.17, 15) is 19.1 Å². The van der Waals surface area contributed by atoms with Gasteiger partial charge in [-0.15, -0.1) is 0 Å². The molecule has 3 aliphatic heterocycles. The highest BCUT2D eigenvalue weighted by molar-refractivity contribution is 5.80. The number of halogens is 1.